The lowest BCUT2D eigenvalue weighted by Crippen LogP contribution is -2.49. The smallest absolute Gasteiger partial charge is 0.270 e. The number of urea groups is 1. The third kappa shape index (κ3) is 4.33. The van der Waals surface area contributed by atoms with Crippen molar-refractivity contribution in [1.29, 1.82) is 0 Å². The van der Waals surface area contributed by atoms with Crippen molar-refractivity contribution < 1.29 is 9.00 Å². The van der Waals surface area contributed by atoms with E-state index >= 15 is 0 Å². The molecule has 0 aliphatic carbocycles. The second-order valence-corrected chi connectivity index (χ2v) is 5.89. The van der Waals surface area contributed by atoms with Crippen molar-refractivity contribution in [1.82, 2.24) is 15.2 Å². The lowest BCUT2D eigenvalue weighted by atomic mass is 10.2. The first-order valence-electron chi connectivity index (χ1n) is 6.46. The van der Waals surface area contributed by atoms with E-state index in [0.717, 1.165) is 31.5 Å². The molecule has 5 nitrogen and oxygen atoms in total. The molecular formula is C13H19N3O2S. The quantitative estimate of drug-likeness (QED) is 0.887. The number of piperidine rings is 1. The maximum atomic E-state index is 11.9. The summed E-state index contributed by atoms with van der Waals surface area (Å²) in [6, 6.07) is 6.84. The van der Waals surface area contributed by atoms with E-state index in [2.05, 4.69) is 10.1 Å². The second-order valence-electron chi connectivity index (χ2n) is 4.67. The molecule has 2 rings (SSSR count). The van der Waals surface area contributed by atoms with Crippen LogP contribution in [0.5, 0.6) is 0 Å². The number of hydrogen-bond donors (Lipinski definition) is 2. The molecule has 1 aromatic carbocycles. The summed E-state index contributed by atoms with van der Waals surface area (Å²) in [4.78, 5) is 12.3. The molecule has 1 fully saturated rings. The molecule has 1 aliphatic heterocycles. The fourth-order valence-electron chi connectivity index (χ4n) is 1.98. The SMILES string of the molecule is Cc1ccc(S(=O)NC(=O)NN2CCCCC2)cc1. The van der Waals surface area contributed by atoms with Crippen molar-refractivity contribution in [3.63, 3.8) is 0 Å². The number of rotatable bonds is 3. The Morgan fingerprint density at radius 1 is 1.16 bits per heavy atom. The predicted molar refractivity (Wildman–Crippen MR) is 74.7 cm³/mol. The van der Waals surface area contributed by atoms with Crippen molar-refractivity contribution in [3.8, 4) is 0 Å². The molecule has 1 aromatic rings. The minimum Gasteiger partial charge on any atom is -0.270 e. The van der Waals surface area contributed by atoms with Gasteiger partial charge in [-0.15, -0.1) is 0 Å². The average Bonchev–Trinajstić information content (AvgIpc) is 2.40. The van der Waals surface area contributed by atoms with Crippen LogP contribution < -0.4 is 10.1 Å². The Morgan fingerprint density at radius 2 is 1.79 bits per heavy atom. The number of aryl methyl sites for hydroxylation is 1. The molecule has 0 radical (unpaired) electrons. The zero-order valence-electron chi connectivity index (χ0n) is 11.0. The number of nitrogens with one attached hydrogen (secondary N) is 2. The molecule has 0 saturated carbocycles. The Balaban J connectivity index is 1.84. The molecule has 1 unspecified atom stereocenters. The van der Waals surface area contributed by atoms with Crippen LogP contribution in [-0.4, -0.2) is 28.3 Å². The summed E-state index contributed by atoms with van der Waals surface area (Å²) in [5.74, 6) is 0. The van der Waals surface area contributed by atoms with E-state index in [9.17, 15) is 9.00 Å². The summed E-state index contributed by atoms with van der Waals surface area (Å²) in [5, 5.41) is 1.87. The van der Waals surface area contributed by atoms with Gasteiger partial charge in [0.1, 0.15) is 0 Å². The first-order chi connectivity index (χ1) is 9.15. The molecule has 19 heavy (non-hydrogen) atoms. The van der Waals surface area contributed by atoms with Gasteiger partial charge in [0.05, 0.1) is 4.90 Å². The standard InChI is InChI=1S/C13H19N3O2S/c1-11-5-7-12(8-6-11)19(18)15-13(17)14-16-9-3-2-4-10-16/h5-8H,2-4,9-10H2,1H3,(H2,14,15,17). The van der Waals surface area contributed by atoms with Crippen LogP contribution in [0.3, 0.4) is 0 Å². The van der Waals surface area contributed by atoms with E-state index in [1.165, 1.54) is 6.42 Å². The van der Waals surface area contributed by atoms with E-state index < -0.39 is 17.0 Å². The van der Waals surface area contributed by atoms with Crippen molar-refractivity contribution in [2.75, 3.05) is 13.1 Å². The maximum Gasteiger partial charge on any atom is 0.341 e. The summed E-state index contributed by atoms with van der Waals surface area (Å²) in [6.45, 7) is 3.67. The van der Waals surface area contributed by atoms with Gasteiger partial charge in [0, 0.05) is 13.1 Å². The maximum absolute atomic E-state index is 11.9. The Kier molecular flexibility index (Phi) is 4.93. The Hall–Kier alpha value is -1.40. The monoisotopic (exact) mass is 281 g/mol. The highest BCUT2D eigenvalue weighted by molar-refractivity contribution is 7.83. The molecular weight excluding hydrogens is 262 g/mol. The number of hydrogen-bond acceptors (Lipinski definition) is 3. The summed E-state index contributed by atoms with van der Waals surface area (Å²) >= 11 is 0. The van der Waals surface area contributed by atoms with Gasteiger partial charge >= 0.3 is 6.03 Å². The Morgan fingerprint density at radius 3 is 2.42 bits per heavy atom. The van der Waals surface area contributed by atoms with Crippen LogP contribution >= 0.6 is 0 Å². The average molecular weight is 281 g/mol. The van der Waals surface area contributed by atoms with Gasteiger partial charge in [-0.25, -0.2) is 14.0 Å². The van der Waals surface area contributed by atoms with Crippen molar-refractivity contribution >= 4 is 17.0 Å². The molecule has 2 N–H and O–H groups in total. The van der Waals surface area contributed by atoms with Crippen molar-refractivity contribution in [2.45, 2.75) is 31.1 Å². The first kappa shape index (κ1) is 14.0. The number of nitrogens with zero attached hydrogens (tertiary/aromatic N) is 1. The van der Waals surface area contributed by atoms with Gasteiger partial charge in [0.2, 0.25) is 0 Å². The minimum absolute atomic E-state index is 0.416. The van der Waals surface area contributed by atoms with Gasteiger partial charge in [-0.05, 0) is 31.9 Å². The molecule has 0 bridgehead atoms. The van der Waals surface area contributed by atoms with Gasteiger partial charge in [0.15, 0.2) is 11.0 Å². The van der Waals surface area contributed by atoms with E-state index in [1.807, 2.05) is 24.1 Å². The molecule has 2 amide bonds. The topological polar surface area (TPSA) is 61.4 Å². The molecule has 104 valence electrons. The highest BCUT2D eigenvalue weighted by Crippen LogP contribution is 2.07. The van der Waals surface area contributed by atoms with Crippen LogP contribution in [0.15, 0.2) is 29.2 Å². The third-order valence-corrected chi connectivity index (χ3v) is 4.11. The Bertz CT molecular complexity index is 455. The van der Waals surface area contributed by atoms with Crippen LogP contribution in [-0.2, 0) is 11.0 Å². The summed E-state index contributed by atoms with van der Waals surface area (Å²) in [5.41, 5.74) is 3.82. The number of carbonyl (C=O) groups is 1. The van der Waals surface area contributed by atoms with Gasteiger partial charge in [0.25, 0.3) is 0 Å². The lowest BCUT2D eigenvalue weighted by molar-refractivity contribution is 0.158. The molecule has 0 aromatic heterocycles. The normalized spacial score (nSPS) is 17.7. The fraction of sp³-hybridized carbons (Fsp3) is 0.462. The van der Waals surface area contributed by atoms with Crippen LogP contribution in [0.1, 0.15) is 24.8 Å². The first-order valence-corrected chi connectivity index (χ1v) is 7.61. The van der Waals surface area contributed by atoms with E-state index in [1.54, 1.807) is 12.1 Å². The highest BCUT2D eigenvalue weighted by atomic mass is 32.2. The highest BCUT2D eigenvalue weighted by Gasteiger charge is 2.14. The molecule has 1 heterocycles. The van der Waals surface area contributed by atoms with Crippen LogP contribution in [0.25, 0.3) is 0 Å². The zero-order chi connectivity index (χ0) is 13.7. The fourth-order valence-corrected chi connectivity index (χ4v) is 2.69. The third-order valence-electron chi connectivity index (χ3n) is 3.04. The van der Waals surface area contributed by atoms with Gasteiger partial charge in [-0.3, -0.25) is 10.1 Å². The summed E-state index contributed by atoms with van der Waals surface area (Å²) in [6.07, 6.45) is 3.37. The van der Waals surface area contributed by atoms with Crippen LogP contribution in [0, 0.1) is 6.92 Å². The van der Waals surface area contributed by atoms with Gasteiger partial charge in [-0.2, -0.15) is 0 Å². The summed E-state index contributed by atoms with van der Waals surface area (Å²) in [7, 11) is -1.51. The number of benzene rings is 1. The van der Waals surface area contributed by atoms with E-state index in [4.69, 9.17) is 0 Å². The van der Waals surface area contributed by atoms with Crippen molar-refractivity contribution in [2.24, 2.45) is 0 Å². The number of hydrazine groups is 1. The molecule has 1 atom stereocenters. The largest absolute Gasteiger partial charge is 0.341 e. The van der Waals surface area contributed by atoms with Crippen molar-refractivity contribution in [3.05, 3.63) is 29.8 Å². The molecule has 1 saturated heterocycles. The van der Waals surface area contributed by atoms with Gasteiger partial charge < -0.3 is 0 Å². The van der Waals surface area contributed by atoms with Crippen LogP contribution in [0.2, 0.25) is 0 Å². The molecule has 1 aliphatic rings. The van der Waals surface area contributed by atoms with E-state index in [-0.39, 0.29) is 0 Å². The minimum atomic E-state index is -1.51. The van der Waals surface area contributed by atoms with Crippen LogP contribution in [0.4, 0.5) is 4.79 Å². The number of amides is 2. The Labute approximate surface area is 115 Å². The number of carbonyl (C=O) groups excluding carboxylic acids is 1. The molecule has 0 spiro atoms. The summed E-state index contributed by atoms with van der Waals surface area (Å²) < 4.78 is 14.4. The lowest BCUT2D eigenvalue weighted by Gasteiger charge is -2.26. The second kappa shape index (κ2) is 6.68. The van der Waals surface area contributed by atoms with Gasteiger partial charge in [-0.1, -0.05) is 24.1 Å². The molecule has 6 heteroatoms. The van der Waals surface area contributed by atoms with E-state index in [0.29, 0.717) is 4.90 Å². The predicted octanol–water partition coefficient (Wildman–Crippen LogP) is 1.72. The zero-order valence-corrected chi connectivity index (χ0v) is 11.8.